The van der Waals surface area contributed by atoms with E-state index < -0.39 is 25.6 Å². The maximum absolute atomic E-state index is 13.3. The number of pyridine rings is 3. The number of nitrogens with one attached hydrogen (secondary N) is 3. The number of hydrogen-bond donors (Lipinski definition) is 3. The Morgan fingerprint density at radius 2 is 1.46 bits per heavy atom. The summed E-state index contributed by atoms with van der Waals surface area (Å²) in [4.78, 5) is 12.2. The van der Waals surface area contributed by atoms with Crippen LogP contribution in [0.5, 0.6) is 0 Å². The van der Waals surface area contributed by atoms with Crippen molar-refractivity contribution < 1.29 is 16.8 Å². The SMILES string of the molecule is CC(C)(C)NS(=O)(=O)c1[nH]nc2ncccc12.O=S(=O)(c1[nH]nc2ncccc12)N1CCCCC1c1cccnc1. The summed E-state index contributed by atoms with van der Waals surface area (Å²) in [5, 5.41) is 14.2. The topological polar surface area (TPSA) is 180 Å². The van der Waals surface area contributed by atoms with E-state index in [1.807, 2.05) is 12.1 Å². The zero-order valence-electron chi connectivity index (χ0n) is 22.8. The summed E-state index contributed by atoms with van der Waals surface area (Å²) in [7, 11) is -7.30. The van der Waals surface area contributed by atoms with Crippen molar-refractivity contribution in [2.24, 2.45) is 0 Å². The van der Waals surface area contributed by atoms with Crippen molar-refractivity contribution >= 4 is 42.1 Å². The van der Waals surface area contributed by atoms with Crippen LogP contribution in [0, 0.1) is 0 Å². The van der Waals surface area contributed by atoms with Crippen LogP contribution < -0.4 is 4.72 Å². The lowest BCUT2D eigenvalue weighted by Crippen LogP contribution is -2.40. The van der Waals surface area contributed by atoms with Gasteiger partial charge in [0.25, 0.3) is 20.0 Å². The predicted octanol–water partition coefficient (Wildman–Crippen LogP) is 3.30. The molecular formula is C26H31N9O4S2. The molecule has 216 valence electrons. The van der Waals surface area contributed by atoms with Crippen molar-refractivity contribution in [3.05, 3.63) is 66.7 Å². The van der Waals surface area contributed by atoms with Gasteiger partial charge in [-0.2, -0.15) is 14.5 Å². The van der Waals surface area contributed by atoms with E-state index in [4.69, 9.17) is 0 Å². The van der Waals surface area contributed by atoms with Gasteiger partial charge in [-0.1, -0.05) is 12.5 Å². The highest BCUT2D eigenvalue weighted by Gasteiger charge is 2.36. The van der Waals surface area contributed by atoms with Gasteiger partial charge in [0, 0.05) is 36.9 Å². The Balaban J connectivity index is 0.000000175. The van der Waals surface area contributed by atoms with Crippen LogP contribution >= 0.6 is 0 Å². The molecule has 0 amide bonds. The Morgan fingerprint density at radius 1 is 0.854 bits per heavy atom. The molecule has 5 aromatic rings. The van der Waals surface area contributed by atoms with Crippen LogP contribution in [-0.2, 0) is 20.0 Å². The van der Waals surface area contributed by atoms with Crippen molar-refractivity contribution in [2.75, 3.05) is 6.54 Å². The molecule has 1 aliphatic heterocycles. The minimum Gasteiger partial charge on any atom is -0.264 e. The van der Waals surface area contributed by atoms with Gasteiger partial charge in [-0.3, -0.25) is 15.2 Å². The van der Waals surface area contributed by atoms with E-state index in [1.54, 1.807) is 74.1 Å². The third kappa shape index (κ3) is 6.12. The Morgan fingerprint density at radius 3 is 2.07 bits per heavy atom. The van der Waals surface area contributed by atoms with Crippen LogP contribution in [-0.4, -0.2) is 68.6 Å². The second kappa shape index (κ2) is 11.2. The van der Waals surface area contributed by atoms with E-state index in [0.717, 1.165) is 24.8 Å². The van der Waals surface area contributed by atoms with E-state index >= 15 is 0 Å². The molecule has 41 heavy (non-hydrogen) atoms. The quantitative estimate of drug-likeness (QED) is 0.274. The molecule has 0 radical (unpaired) electrons. The zero-order valence-corrected chi connectivity index (χ0v) is 24.4. The van der Waals surface area contributed by atoms with Crippen LogP contribution in [0.4, 0.5) is 0 Å². The molecule has 0 bridgehead atoms. The van der Waals surface area contributed by atoms with Gasteiger partial charge in [-0.05, 0) is 69.5 Å². The largest absolute Gasteiger partial charge is 0.264 e. The normalized spacial score (nSPS) is 16.9. The summed E-state index contributed by atoms with van der Waals surface area (Å²) < 4.78 is 54.9. The molecule has 1 aliphatic rings. The van der Waals surface area contributed by atoms with Crippen LogP contribution in [0.1, 0.15) is 51.6 Å². The monoisotopic (exact) mass is 597 g/mol. The van der Waals surface area contributed by atoms with Gasteiger partial charge in [-0.15, -0.1) is 0 Å². The van der Waals surface area contributed by atoms with Gasteiger partial charge >= 0.3 is 0 Å². The average Bonchev–Trinajstić information content (AvgIpc) is 3.58. The van der Waals surface area contributed by atoms with E-state index in [2.05, 4.69) is 40.1 Å². The molecule has 6 heterocycles. The maximum atomic E-state index is 13.3. The van der Waals surface area contributed by atoms with E-state index in [9.17, 15) is 16.8 Å². The van der Waals surface area contributed by atoms with Crippen LogP contribution in [0.25, 0.3) is 22.1 Å². The molecule has 5 aromatic heterocycles. The lowest BCUT2D eigenvalue weighted by atomic mass is 9.99. The fourth-order valence-corrected chi connectivity index (χ4v) is 8.01. The number of rotatable bonds is 5. The summed E-state index contributed by atoms with van der Waals surface area (Å²) in [6.45, 7) is 5.83. The maximum Gasteiger partial charge on any atom is 0.261 e. The number of piperidine rings is 1. The van der Waals surface area contributed by atoms with E-state index in [1.165, 1.54) is 0 Å². The summed E-state index contributed by atoms with van der Waals surface area (Å²) in [5.41, 5.74) is 1.17. The smallest absolute Gasteiger partial charge is 0.261 e. The van der Waals surface area contributed by atoms with Gasteiger partial charge in [0.05, 0.1) is 16.8 Å². The molecule has 13 nitrogen and oxygen atoms in total. The molecule has 1 saturated heterocycles. The molecule has 6 rings (SSSR count). The van der Waals surface area contributed by atoms with Crippen LogP contribution in [0.3, 0.4) is 0 Å². The molecular weight excluding hydrogens is 566 g/mol. The standard InChI is InChI=1S/C16H17N5O2S.C10H14N4O2S/c22-24(23,16-13-6-4-9-18-15(13)19-20-16)21-10-2-1-7-14(21)12-5-3-8-17-11-12;1-10(2,3)14-17(15,16)9-7-5-4-6-11-8(7)12-13-9/h3-6,8-9,11,14H,1-2,7,10H2,(H,18,19,20);4-6,14H,1-3H3,(H,11,12,13). The first kappa shape index (κ1) is 28.7. The van der Waals surface area contributed by atoms with Crippen LogP contribution in [0.2, 0.25) is 0 Å². The predicted molar refractivity (Wildman–Crippen MR) is 153 cm³/mol. The van der Waals surface area contributed by atoms with Crippen molar-refractivity contribution in [3.8, 4) is 0 Å². The third-order valence-corrected chi connectivity index (χ3v) is 10.00. The van der Waals surface area contributed by atoms with Crippen molar-refractivity contribution in [3.63, 3.8) is 0 Å². The van der Waals surface area contributed by atoms with E-state index in [-0.39, 0.29) is 16.1 Å². The number of hydrogen-bond acceptors (Lipinski definition) is 9. The summed E-state index contributed by atoms with van der Waals surface area (Å²) in [5.74, 6) is 0. The van der Waals surface area contributed by atoms with Gasteiger partial charge in [0.2, 0.25) is 0 Å². The lowest BCUT2D eigenvalue weighted by Gasteiger charge is -2.34. The van der Waals surface area contributed by atoms with Gasteiger partial charge in [0.1, 0.15) is 0 Å². The molecule has 1 unspecified atom stereocenters. The first-order valence-electron chi connectivity index (χ1n) is 13.0. The molecule has 0 spiro atoms. The first-order valence-corrected chi connectivity index (χ1v) is 15.9. The second-order valence-corrected chi connectivity index (χ2v) is 14.1. The minimum atomic E-state index is -3.70. The Kier molecular flexibility index (Phi) is 7.87. The first-order chi connectivity index (χ1) is 19.5. The number of aromatic amines is 2. The number of fused-ring (bicyclic) bond motifs is 2. The van der Waals surface area contributed by atoms with Gasteiger partial charge in [-0.25, -0.2) is 31.5 Å². The number of H-pyrrole nitrogens is 2. The van der Waals surface area contributed by atoms with E-state index in [0.29, 0.717) is 28.6 Å². The van der Waals surface area contributed by atoms with Crippen molar-refractivity contribution in [1.29, 1.82) is 0 Å². The highest BCUT2D eigenvalue weighted by Crippen LogP contribution is 2.36. The van der Waals surface area contributed by atoms with Crippen molar-refractivity contribution in [2.45, 2.75) is 61.7 Å². The lowest BCUT2D eigenvalue weighted by molar-refractivity contribution is 0.255. The summed E-state index contributed by atoms with van der Waals surface area (Å²) >= 11 is 0. The Labute approximate surface area is 237 Å². The molecule has 1 atom stereocenters. The molecule has 0 aliphatic carbocycles. The molecule has 0 aromatic carbocycles. The minimum absolute atomic E-state index is 0.0514. The third-order valence-electron chi connectivity index (χ3n) is 6.39. The molecule has 1 fully saturated rings. The fraction of sp³-hybridized carbons (Fsp3) is 0.346. The molecule has 3 N–H and O–H groups in total. The summed E-state index contributed by atoms with van der Waals surface area (Å²) in [6, 6.07) is 10.3. The summed E-state index contributed by atoms with van der Waals surface area (Å²) in [6.07, 6.45) is 9.23. The Bertz CT molecular complexity index is 1870. The fourth-order valence-electron chi connectivity index (χ4n) is 4.73. The van der Waals surface area contributed by atoms with Gasteiger partial charge < -0.3 is 0 Å². The Hall–Kier alpha value is -3.79. The molecule has 15 heteroatoms. The second-order valence-electron chi connectivity index (χ2n) is 10.6. The number of nitrogens with zero attached hydrogens (tertiary/aromatic N) is 6. The van der Waals surface area contributed by atoms with Crippen LogP contribution in [0.15, 0.2) is 71.2 Å². The molecule has 0 saturated carbocycles. The number of sulfonamides is 2. The average molecular weight is 598 g/mol. The highest BCUT2D eigenvalue weighted by atomic mass is 32.2. The highest BCUT2D eigenvalue weighted by molar-refractivity contribution is 7.89. The number of aromatic nitrogens is 7. The van der Waals surface area contributed by atoms with Crippen molar-refractivity contribution in [1.82, 2.24) is 44.4 Å². The zero-order chi connectivity index (χ0) is 29.3. The van der Waals surface area contributed by atoms with Gasteiger partial charge in [0.15, 0.2) is 21.3 Å².